The van der Waals surface area contributed by atoms with Gasteiger partial charge in [0.2, 0.25) is 0 Å². The van der Waals surface area contributed by atoms with Gasteiger partial charge in [-0.1, -0.05) is 13.8 Å². The van der Waals surface area contributed by atoms with Gasteiger partial charge in [0.05, 0.1) is 0 Å². The Kier molecular flexibility index (Phi) is 7.87. The van der Waals surface area contributed by atoms with Crippen molar-refractivity contribution in [2.24, 2.45) is 5.73 Å². The number of hydrogen-bond acceptors (Lipinski definition) is 2. The summed E-state index contributed by atoms with van der Waals surface area (Å²) in [4.78, 5) is 2.24. The molecule has 0 radical (unpaired) electrons. The van der Waals surface area contributed by atoms with Crippen LogP contribution in [0.2, 0.25) is 0 Å². The van der Waals surface area contributed by atoms with Crippen LogP contribution in [0.1, 0.15) is 52.9 Å². The molecular formula is C13H27F3N2. The topological polar surface area (TPSA) is 29.3 Å². The lowest BCUT2D eigenvalue weighted by Crippen LogP contribution is -2.52. The van der Waals surface area contributed by atoms with Gasteiger partial charge in [0.1, 0.15) is 0 Å². The van der Waals surface area contributed by atoms with Crippen molar-refractivity contribution < 1.29 is 13.2 Å². The predicted molar refractivity (Wildman–Crippen MR) is 69.5 cm³/mol. The Bertz CT molecular complexity index is 213. The molecule has 0 heterocycles. The quantitative estimate of drug-likeness (QED) is 0.693. The van der Waals surface area contributed by atoms with Gasteiger partial charge in [-0.2, -0.15) is 13.2 Å². The van der Waals surface area contributed by atoms with Crippen molar-refractivity contribution in [2.75, 3.05) is 19.6 Å². The Balaban J connectivity index is 4.45. The highest BCUT2D eigenvalue weighted by Gasteiger charge is 2.32. The van der Waals surface area contributed by atoms with Crippen LogP contribution in [-0.4, -0.2) is 36.2 Å². The molecule has 110 valence electrons. The summed E-state index contributed by atoms with van der Waals surface area (Å²) in [5.41, 5.74) is 5.49. The van der Waals surface area contributed by atoms with Crippen molar-refractivity contribution in [1.29, 1.82) is 0 Å². The third kappa shape index (κ3) is 6.59. The lowest BCUT2D eigenvalue weighted by molar-refractivity contribution is -0.136. The molecule has 0 aromatic rings. The summed E-state index contributed by atoms with van der Waals surface area (Å²) in [5, 5.41) is 0. The van der Waals surface area contributed by atoms with E-state index in [1.54, 1.807) is 0 Å². The third-order valence-corrected chi connectivity index (χ3v) is 3.37. The fourth-order valence-electron chi connectivity index (χ4n) is 2.25. The SMILES string of the molecule is CCCN(CCC)C(C)(CN)CCCC(F)(F)F. The van der Waals surface area contributed by atoms with Crippen LogP contribution in [0.3, 0.4) is 0 Å². The highest BCUT2D eigenvalue weighted by atomic mass is 19.4. The van der Waals surface area contributed by atoms with Crippen LogP contribution >= 0.6 is 0 Å². The van der Waals surface area contributed by atoms with E-state index in [9.17, 15) is 13.2 Å². The van der Waals surface area contributed by atoms with Crippen LogP contribution in [-0.2, 0) is 0 Å². The molecule has 0 saturated carbocycles. The molecule has 0 aliphatic rings. The number of nitrogens with two attached hydrogens (primary N) is 1. The molecule has 0 aromatic heterocycles. The molecule has 0 spiro atoms. The molecule has 0 bridgehead atoms. The second-order valence-corrected chi connectivity index (χ2v) is 5.16. The van der Waals surface area contributed by atoms with Crippen molar-refractivity contribution in [3.8, 4) is 0 Å². The lowest BCUT2D eigenvalue weighted by Gasteiger charge is -2.41. The van der Waals surface area contributed by atoms with Crippen LogP contribution in [0.25, 0.3) is 0 Å². The minimum atomic E-state index is -4.06. The summed E-state index contributed by atoms with van der Waals surface area (Å²) in [7, 11) is 0. The molecule has 2 N–H and O–H groups in total. The Morgan fingerprint density at radius 3 is 1.83 bits per heavy atom. The summed E-state index contributed by atoms with van der Waals surface area (Å²) < 4.78 is 36.6. The average Bonchev–Trinajstić information content (AvgIpc) is 2.27. The van der Waals surface area contributed by atoms with Gasteiger partial charge in [0, 0.05) is 18.5 Å². The smallest absolute Gasteiger partial charge is 0.329 e. The molecular weight excluding hydrogens is 241 g/mol. The largest absolute Gasteiger partial charge is 0.389 e. The zero-order valence-corrected chi connectivity index (χ0v) is 11.8. The monoisotopic (exact) mass is 268 g/mol. The van der Waals surface area contributed by atoms with Crippen LogP contribution in [0.4, 0.5) is 13.2 Å². The van der Waals surface area contributed by atoms with Gasteiger partial charge in [-0.15, -0.1) is 0 Å². The molecule has 0 aliphatic heterocycles. The maximum atomic E-state index is 12.2. The van der Waals surface area contributed by atoms with Gasteiger partial charge in [-0.05, 0) is 45.7 Å². The summed E-state index contributed by atoms with van der Waals surface area (Å²) in [6.07, 6.45) is -2.13. The Labute approximate surface area is 109 Å². The van der Waals surface area contributed by atoms with E-state index in [0.29, 0.717) is 13.0 Å². The Morgan fingerprint density at radius 1 is 1.00 bits per heavy atom. The fourth-order valence-corrected chi connectivity index (χ4v) is 2.25. The molecule has 2 nitrogen and oxygen atoms in total. The molecule has 18 heavy (non-hydrogen) atoms. The van der Waals surface area contributed by atoms with Crippen molar-refractivity contribution in [3.05, 3.63) is 0 Å². The molecule has 0 aromatic carbocycles. The lowest BCUT2D eigenvalue weighted by atomic mass is 9.92. The molecule has 1 atom stereocenters. The van der Waals surface area contributed by atoms with Crippen molar-refractivity contribution >= 4 is 0 Å². The first-order valence-corrected chi connectivity index (χ1v) is 6.81. The van der Waals surface area contributed by atoms with E-state index in [-0.39, 0.29) is 12.0 Å². The number of halogens is 3. The van der Waals surface area contributed by atoms with Gasteiger partial charge in [-0.3, -0.25) is 4.90 Å². The second kappa shape index (κ2) is 8.00. The first-order chi connectivity index (χ1) is 8.29. The summed E-state index contributed by atoms with van der Waals surface area (Å²) >= 11 is 0. The first-order valence-electron chi connectivity index (χ1n) is 6.81. The average molecular weight is 268 g/mol. The molecule has 0 aliphatic carbocycles. The number of alkyl halides is 3. The van der Waals surface area contributed by atoms with Crippen molar-refractivity contribution in [2.45, 2.75) is 64.6 Å². The fraction of sp³-hybridized carbons (Fsp3) is 1.00. The summed E-state index contributed by atoms with van der Waals surface area (Å²) in [6, 6.07) is 0. The molecule has 0 saturated heterocycles. The Hall–Kier alpha value is -0.290. The predicted octanol–water partition coefficient (Wildman–Crippen LogP) is 3.56. The summed E-state index contributed by atoms with van der Waals surface area (Å²) in [6.45, 7) is 8.34. The van der Waals surface area contributed by atoms with E-state index >= 15 is 0 Å². The van der Waals surface area contributed by atoms with E-state index in [1.165, 1.54) is 0 Å². The maximum Gasteiger partial charge on any atom is 0.389 e. The number of rotatable bonds is 9. The van der Waals surface area contributed by atoms with E-state index < -0.39 is 12.6 Å². The summed E-state index contributed by atoms with van der Waals surface area (Å²) in [5.74, 6) is 0. The van der Waals surface area contributed by atoms with E-state index in [2.05, 4.69) is 18.7 Å². The van der Waals surface area contributed by atoms with Gasteiger partial charge in [-0.25, -0.2) is 0 Å². The Morgan fingerprint density at radius 2 is 1.50 bits per heavy atom. The molecule has 0 fully saturated rings. The molecule has 0 amide bonds. The molecule has 5 heteroatoms. The van der Waals surface area contributed by atoms with Gasteiger partial charge in [0.15, 0.2) is 0 Å². The van der Waals surface area contributed by atoms with Gasteiger partial charge >= 0.3 is 6.18 Å². The minimum Gasteiger partial charge on any atom is -0.329 e. The molecule has 1 unspecified atom stereocenters. The van der Waals surface area contributed by atoms with E-state index in [0.717, 1.165) is 25.9 Å². The minimum absolute atomic E-state index is 0.154. The van der Waals surface area contributed by atoms with Crippen LogP contribution < -0.4 is 5.73 Å². The second-order valence-electron chi connectivity index (χ2n) is 5.16. The van der Waals surface area contributed by atoms with Crippen LogP contribution in [0.5, 0.6) is 0 Å². The van der Waals surface area contributed by atoms with Crippen molar-refractivity contribution in [1.82, 2.24) is 4.90 Å². The van der Waals surface area contributed by atoms with Crippen LogP contribution in [0.15, 0.2) is 0 Å². The third-order valence-electron chi connectivity index (χ3n) is 3.37. The maximum absolute atomic E-state index is 12.2. The van der Waals surface area contributed by atoms with Gasteiger partial charge in [0.25, 0.3) is 0 Å². The standard InChI is InChI=1S/C13H27F3N2/c1-4-9-18(10-5-2)12(3,11-17)7-6-8-13(14,15)16/h4-11,17H2,1-3H3. The molecule has 0 rings (SSSR count). The number of nitrogens with zero attached hydrogens (tertiary/aromatic N) is 1. The normalized spacial score (nSPS) is 16.0. The van der Waals surface area contributed by atoms with E-state index in [1.807, 2.05) is 6.92 Å². The van der Waals surface area contributed by atoms with E-state index in [4.69, 9.17) is 5.73 Å². The zero-order chi connectivity index (χ0) is 14.2. The van der Waals surface area contributed by atoms with Crippen LogP contribution in [0, 0.1) is 0 Å². The first kappa shape index (κ1) is 17.7. The van der Waals surface area contributed by atoms with Crippen molar-refractivity contribution in [3.63, 3.8) is 0 Å². The highest BCUT2D eigenvalue weighted by molar-refractivity contribution is 4.87. The zero-order valence-electron chi connectivity index (χ0n) is 11.8. The van der Waals surface area contributed by atoms with Gasteiger partial charge < -0.3 is 5.73 Å². The highest BCUT2D eigenvalue weighted by Crippen LogP contribution is 2.27. The number of hydrogen-bond donors (Lipinski definition) is 1.